The minimum absolute atomic E-state index is 0.162. The molecule has 0 unspecified atom stereocenters. The third-order valence-corrected chi connectivity index (χ3v) is 3.05. The Labute approximate surface area is 118 Å². The molecule has 0 aliphatic heterocycles. The molecule has 1 aromatic rings. The molecule has 0 atom stereocenters. The SMILES string of the molecule is CS(=O)(=O)NCCNC(=O)c1cccc(C(F)(F)F)c1F. The molecule has 0 aliphatic rings. The van der Waals surface area contributed by atoms with Crippen LogP contribution < -0.4 is 10.0 Å². The van der Waals surface area contributed by atoms with Gasteiger partial charge in [0.25, 0.3) is 5.91 Å². The van der Waals surface area contributed by atoms with Crippen molar-refractivity contribution in [3.8, 4) is 0 Å². The summed E-state index contributed by atoms with van der Waals surface area (Å²) in [5.74, 6) is -2.73. The molecule has 0 saturated heterocycles. The number of halogens is 4. The summed E-state index contributed by atoms with van der Waals surface area (Å²) >= 11 is 0. The summed E-state index contributed by atoms with van der Waals surface area (Å²) in [5, 5.41) is 2.12. The quantitative estimate of drug-likeness (QED) is 0.628. The van der Waals surface area contributed by atoms with Gasteiger partial charge < -0.3 is 5.32 Å². The van der Waals surface area contributed by atoms with Crippen molar-refractivity contribution in [2.75, 3.05) is 19.3 Å². The second kappa shape index (κ2) is 6.39. The summed E-state index contributed by atoms with van der Waals surface area (Å²) in [4.78, 5) is 11.6. The molecule has 2 N–H and O–H groups in total. The average molecular weight is 328 g/mol. The number of hydrogen-bond donors (Lipinski definition) is 2. The van der Waals surface area contributed by atoms with Gasteiger partial charge >= 0.3 is 6.18 Å². The highest BCUT2D eigenvalue weighted by molar-refractivity contribution is 7.88. The zero-order chi connectivity index (χ0) is 16.3. The molecule has 118 valence electrons. The van der Waals surface area contributed by atoms with E-state index in [1.165, 1.54) is 0 Å². The first-order chi connectivity index (χ1) is 9.52. The lowest BCUT2D eigenvalue weighted by molar-refractivity contribution is -0.140. The van der Waals surface area contributed by atoms with Gasteiger partial charge in [-0.25, -0.2) is 17.5 Å². The molecule has 0 spiro atoms. The van der Waals surface area contributed by atoms with E-state index in [9.17, 15) is 30.8 Å². The lowest BCUT2D eigenvalue weighted by Gasteiger charge is -2.11. The van der Waals surface area contributed by atoms with Crippen LogP contribution in [0.1, 0.15) is 15.9 Å². The van der Waals surface area contributed by atoms with E-state index in [-0.39, 0.29) is 13.1 Å². The number of sulfonamides is 1. The molecule has 0 bridgehead atoms. The van der Waals surface area contributed by atoms with E-state index in [0.717, 1.165) is 18.4 Å². The van der Waals surface area contributed by atoms with Crippen molar-refractivity contribution in [1.29, 1.82) is 0 Å². The second-order valence-electron chi connectivity index (χ2n) is 4.09. The van der Waals surface area contributed by atoms with Crippen molar-refractivity contribution >= 4 is 15.9 Å². The van der Waals surface area contributed by atoms with Crippen molar-refractivity contribution < 1.29 is 30.8 Å². The molecule has 1 aromatic carbocycles. The Morgan fingerprint density at radius 1 is 1.24 bits per heavy atom. The third-order valence-electron chi connectivity index (χ3n) is 2.32. The van der Waals surface area contributed by atoms with E-state index in [1.54, 1.807) is 0 Å². The van der Waals surface area contributed by atoms with Crippen LogP contribution in [0.2, 0.25) is 0 Å². The van der Waals surface area contributed by atoms with E-state index in [0.29, 0.717) is 6.07 Å². The van der Waals surface area contributed by atoms with E-state index in [2.05, 4.69) is 10.0 Å². The second-order valence-corrected chi connectivity index (χ2v) is 5.92. The number of hydrogen-bond acceptors (Lipinski definition) is 3. The number of benzene rings is 1. The van der Waals surface area contributed by atoms with Crippen molar-refractivity contribution in [3.63, 3.8) is 0 Å². The molecule has 1 amide bonds. The molecular formula is C11H12F4N2O3S. The Hall–Kier alpha value is -1.68. The number of amides is 1. The lowest BCUT2D eigenvalue weighted by Crippen LogP contribution is -2.34. The molecule has 10 heteroatoms. The molecule has 21 heavy (non-hydrogen) atoms. The summed E-state index contributed by atoms with van der Waals surface area (Å²) < 4.78 is 74.6. The van der Waals surface area contributed by atoms with Crippen molar-refractivity contribution in [2.24, 2.45) is 0 Å². The predicted octanol–water partition coefficient (Wildman–Crippen LogP) is 1.12. The third kappa shape index (κ3) is 5.31. The summed E-state index contributed by atoms with van der Waals surface area (Å²) in [5.41, 5.74) is -2.30. The van der Waals surface area contributed by atoms with Gasteiger partial charge in [0.05, 0.1) is 17.4 Å². The monoisotopic (exact) mass is 328 g/mol. The van der Waals surface area contributed by atoms with Crippen LogP contribution >= 0.6 is 0 Å². The highest BCUT2D eigenvalue weighted by Crippen LogP contribution is 2.32. The predicted molar refractivity (Wildman–Crippen MR) is 66.6 cm³/mol. The average Bonchev–Trinajstić information content (AvgIpc) is 2.32. The zero-order valence-corrected chi connectivity index (χ0v) is 11.6. The van der Waals surface area contributed by atoms with Gasteiger partial charge in [-0.1, -0.05) is 6.07 Å². The fraction of sp³-hybridized carbons (Fsp3) is 0.364. The van der Waals surface area contributed by atoms with Crippen LogP contribution in [0.3, 0.4) is 0 Å². The van der Waals surface area contributed by atoms with Gasteiger partial charge in [-0.05, 0) is 12.1 Å². The van der Waals surface area contributed by atoms with Crippen LogP contribution in [-0.2, 0) is 16.2 Å². The molecule has 0 aromatic heterocycles. The number of carbonyl (C=O) groups excluding carboxylic acids is 1. The summed E-state index contributed by atoms with van der Waals surface area (Å²) in [7, 11) is -3.45. The van der Waals surface area contributed by atoms with Crippen LogP contribution in [-0.4, -0.2) is 33.7 Å². The number of carbonyl (C=O) groups is 1. The fourth-order valence-electron chi connectivity index (χ4n) is 1.43. The molecule has 0 radical (unpaired) electrons. The van der Waals surface area contributed by atoms with Crippen LogP contribution in [0.25, 0.3) is 0 Å². The van der Waals surface area contributed by atoms with E-state index >= 15 is 0 Å². The van der Waals surface area contributed by atoms with E-state index in [4.69, 9.17) is 0 Å². The Morgan fingerprint density at radius 3 is 2.38 bits per heavy atom. The first kappa shape index (κ1) is 17.4. The topological polar surface area (TPSA) is 75.3 Å². The molecular weight excluding hydrogens is 316 g/mol. The van der Waals surface area contributed by atoms with E-state index in [1.807, 2.05) is 0 Å². The first-order valence-corrected chi connectivity index (χ1v) is 7.50. The maximum absolute atomic E-state index is 13.6. The maximum atomic E-state index is 13.6. The largest absolute Gasteiger partial charge is 0.419 e. The van der Waals surface area contributed by atoms with Gasteiger partial charge in [-0.3, -0.25) is 4.79 Å². The molecule has 1 rings (SSSR count). The number of alkyl halides is 3. The van der Waals surface area contributed by atoms with Crippen LogP contribution in [0, 0.1) is 5.82 Å². The zero-order valence-electron chi connectivity index (χ0n) is 10.8. The van der Waals surface area contributed by atoms with Gasteiger partial charge in [0.1, 0.15) is 5.82 Å². The minimum Gasteiger partial charge on any atom is -0.351 e. The number of rotatable bonds is 5. The van der Waals surface area contributed by atoms with Gasteiger partial charge in [0.2, 0.25) is 10.0 Å². The van der Waals surface area contributed by atoms with Gasteiger partial charge in [-0.15, -0.1) is 0 Å². The lowest BCUT2D eigenvalue weighted by atomic mass is 10.1. The van der Waals surface area contributed by atoms with E-state index < -0.39 is 39.1 Å². The van der Waals surface area contributed by atoms with Crippen LogP contribution in [0.15, 0.2) is 18.2 Å². The standard InChI is InChI=1S/C11H12F4N2O3S/c1-21(19,20)17-6-5-16-10(18)7-3-2-4-8(9(7)12)11(13,14)15/h2-4,17H,5-6H2,1H3,(H,16,18). The molecule has 5 nitrogen and oxygen atoms in total. The minimum atomic E-state index is -4.90. The van der Waals surface area contributed by atoms with Crippen molar-refractivity contribution in [3.05, 3.63) is 35.1 Å². The summed E-state index contributed by atoms with van der Waals surface area (Å²) in [6.07, 6.45) is -4.00. The van der Waals surface area contributed by atoms with Crippen LogP contribution in [0.4, 0.5) is 17.6 Å². The highest BCUT2D eigenvalue weighted by Gasteiger charge is 2.35. The molecule has 0 aliphatic carbocycles. The Bertz CT molecular complexity index is 629. The molecule has 0 heterocycles. The molecule has 0 fully saturated rings. The summed E-state index contributed by atoms with van der Waals surface area (Å²) in [6, 6.07) is 2.34. The highest BCUT2D eigenvalue weighted by atomic mass is 32.2. The summed E-state index contributed by atoms with van der Waals surface area (Å²) in [6.45, 7) is -0.354. The number of nitrogens with one attached hydrogen (secondary N) is 2. The Morgan fingerprint density at radius 2 is 1.86 bits per heavy atom. The first-order valence-electron chi connectivity index (χ1n) is 5.61. The fourth-order valence-corrected chi connectivity index (χ4v) is 1.91. The van der Waals surface area contributed by atoms with Gasteiger partial charge in [-0.2, -0.15) is 13.2 Å². The van der Waals surface area contributed by atoms with Gasteiger partial charge in [0, 0.05) is 13.1 Å². The maximum Gasteiger partial charge on any atom is 0.419 e. The van der Waals surface area contributed by atoms with Crippen LogP contribution in [0.5, 0.6) is 0 Å². The normalized spacial score (nSPS) is 12.2. The van der Waals surface area contributed by atoms with Crippen molar-refractivity contribution in [2.45, 2.75) is 6.18 Å². The molecule has 0 saturated carbocycles. The Kier molecular flexibility index (Phi) is 5.29. The Balaban J connectivity index is 2.76. The smallest absolute Gasteiger partial charge is 0.351 e. The van der Waals surface area contributed by atoms with Crippen molar-refractivity contribution in [1.82, 2.24) is 10.0 Å². The van der Waals surface area contributed by atoms with Gasteiger partial charge in [0.15, 0.2) is 0 Å².